The number of hydrogen-bond acceptors (Lipinski definition) is 6. The normalized spacial score (nSPS) is 16.9. The maximum atomic E-state index is 5.41. The van der Waals surface area contributed by atoms with Crippen LogP contribution in [0.5, 0.6) is 11.8 Å². The second-order valence-corrected chi connectivity index (χ2v) is 6.24. The van der Waals surface area contributed by atoms with E-state index in [-0.39, 0.29) is 6.04 Å². The van der Waals surface area contributed by atoms with Gasteiger partial charge in [-0.25, -0.2) is 15.0 Å². The molecule has 1 aliphatic heterocycles. The van der Waals surface area contributed by atoms with Crippen LogP contribution in [0, 0.1) is 0 Å². The summed E-state index contributed by atoms with van der Waals surface area (Å²) in [4.78, 5) is 18.7. The molecular formula is C19H21N5O2. The van der Waals surface area contributed by atoms with Crippen LogP contribution >= 0.6 is 0 Å². The van der Waals surface area contributed by atoms with Gasteiger partial charge in [0.15, 0.2) is 0 Å². The molecule has 134 valence electrons. The molecule has 0 bridgehead atoms. The molecular weight excluding hydrogens is 330 g/mol. The van der Waals surface area contributed by atoms with Gasteiger partial charge in [-0.15, -0.1) is 0 Å². The molecule has 0 saturated carbocycles. The third-order valence-corrected chi connectivity index (χ3v) is 4.68. The molecule has 0 saturated heterocycles. The lowest BCUT2D eigenvalue weighted by atomic mass is 9.95. The molecule has 2 aromatic heterocycles. The Morgan fingerprint density at radius 2 is 2.00 bits per heavy atom. The van der Waals surface area contributed by atoms with Gasteiger partial charge >= 0.3 is 6.01 Å². The zero-order valence-corrected chi connectivity index (χ0v) is 14.8. The molecule has 0 unspecified atom stereocenters. The Labute approximate surface area is 152 Å². The molecule has 3 aromatic rings. The molecule has 4 rings (SSSR count). The lowest BCUT2D eigenvalue weighted by Gasteiger charge is -2.35. The van der Waals surface area contributed by atoms with Crippen molar-refractivity contribution in [2.24, 2.45) is 0 Å². The molecule has 1 aliphatic rings. The maximum absolute atomic E-state index is 5.41. The number of hydrogen-bond donors (Lipinski definition) is 1. The van der Waals surface area contributed by atoms with Crippen LogP contribution in [0.25, 0.3) is 0 Å². The fourth-order valence-corrected chi connectivity index (χ4v) is 3.44. The number of H-pyrrole nitrogens is 1. The van der Waals surface area contributed by atoms with Gasteiger partial charge in [-0.05, 0) is 17.7 Å². The number of nitrogens with zero attached hydrogens (tertiary/aromatic N) is 4. The van der Waals surface area contributed by atoms with Gasteiger partial charge in [-0.2, -0.15) is 0 Å². The van der Waals surface area contributed by atoms with E-state index in [1.165, 1.54) is 5.69 Å². The minimum Gasteiger partial charge on any atom is -0.497 e. The van der Waals surface area contributed by atoms with Gasteiger partial charge in [0.05, 0.1) is 32.3 Å². The Balaban J connectivity index is 1.67. The average molecular weight is 351 g/mol. The highest BCUT2D eigenvalue weighted by Gasteiger charge is 2.31. The van der Waals surface area contributed by atoms with Crippen molar-refractivity contribution in [3.05, 3.63) is 65.5 Å². The van der Waals surface area contributed by atoms with Crippen LogP contribution in [0.1, 0.15) is 28.6 Å². The van der Waals surface area contributed by atoms with Gasteiger partial charge in [0.2, 0.25) is 0 Å². The third kappa shape index (κ3) is 3.13. The zero-order valence-electron chi connectivity index (χ0n) is 14.8. The number of ether oxygens (including phenoxy) is 2. The summed E-state index contributed by atoms with van der Waals surface area (Å²) in [5, 5.41) is 0. The largest absolute Gasteiger partial charge is 0.497 e. The molecule has 1 aromatic carbocycles. The van der Waals surface area contributed by atoms with Crippen LogP contribution in [0.15, 0.2) is 43.0 Å². The van der Waals surface area contributed by atoms with Crippen molar-refractivity contribution in [1.82, 2.24) is 24.8 Å². The molecule has 0 radical (unpaired) electrons. The molecule has 3 heterocycles. The van der Waals surface area contributed by atoms with Crippen LogP contribution in [0.3, 0.4) is 0 Å². The number of aromatic nitrogens is 4. The lowest BCUT2D eigenvalue weighted by Crippen LogP contribution is -2.35. The van der Waals surface area contributed by atoms with Gasteiger partial charge in [-0.1, -0.05) is 12.1 Å². The summed E-state index contributed by atoms with van der Waals surface area (Å²) in [6, 6.07) is 8.61. The molecule has 1 N–H and O–H groups in total. The first-order chi connectivity index (χ1) is 12.8. The molecule has 0 fully saturated rings. The summed E-state index contributed by atoms with van der Waals surface area (Å²) >= 11 is 0. The van der Waals surface area contributed by atoms with E-state index >= 15 is 0 Å². The average Bonchev–Trinajstić information content (AvgIpc) is 3.17. The minimum atomic E-state index is 0.0576. The minimum absolute atomic E-state index is 0.0576. The second-order valence-electron chi connectivity index (χ2n) is 6.24. The predicted molar refractivity (Wildman–Crippen MR) is 96.1 cm³/mol. The first-order valence-electron chi connectivity index (χ1n) is 8.53. The number of rotatable bonds is 5. The summed E-state index contributed by atoms with van der Waals surface area (Å²) < 4.78 is 10.5. The van der Waals surface area contributed by atoms with Crippen LogP contribution < -0.4 is 9.47 Å². The SMILES string of the molecule is COc1cccc([C@H]2c3nc[nH]c3CCN2Cc2cnc(OC)nc2)c1. The fraction of sp³-hybridized carbons (Fsp3) is 0.316. The second kappa shape index (κ2) is 7.13. The number of imidazole rings is 1. The summed E-state index contributed by atoms with van der Waals surface area (Å²) in [5.74, 6) is 0.845. The van der Waals surface area contributed by atoms with Crippen molar-refractivity contribution >= 4 is 0 Å². The van der Waals surface area contributed by atoms with Crippen molar-refractivity contribution in [3.8, 4) is 11.8 Å². The highest BCUT2D eigenvalue weighted by atomic mass is 16.5. The van der Waals surface area contributed by atoms with Crippen molar-refractivity contribution in [1.29, 1.82) is 0 Å². The van der Waals surface area contributed by atoms with E-state index in [9.17, 15) is 0 Å². The van der Waals surface area contributed by atoms with Gasteiger partial charge in [0.1, 0.15) is 5.75 Å². The number of benzene rings is 1. The first kappa shape index (κ1) is 16.5. The topological polar surface area (TPSA) is 76.2 Å². The Morgan fingerprint density at radius 1 is 1.15 bits per heavy atom. The number of methoxy groups -OCH3 is 2. The Bertz CT molecular complexity index is 878. The summed E-state index contributed by atoms with van der Waals surface area (Å²) in [6.07, 6.45) is 6.34. The molecule has 0 aliphatic carbocycles. The quantitative estimate of drug-likeness (QED) is 0.760. The summed E-state index contributed by atoms with van der Waals surface area (Å²) in [5.41, 5.74) is 4.46. The number of nitrogens with one attached hydrogen (secondary N) is 1. The van der Waals surface area contributed by atoms with E-state index in [1.807, 2.05) is 24.5 Å². The van der Waals surface area contributed by atoms with E-state index in [4.69, 9.17) is 9.47 Å². The van der Waals surface area contributed by atoms with Gasteiger partial charge in [0.25, 0.3) is 0 Å². The Morgan fingerprint density at radius 3 is 2.77 bits per heavy atom. The van der Waals surface area contributed by atoms with E-state index in [0.717, 1.165) is 42.1 Å². The first-order valence-corrected chi connectivity index (χ1v) is 8.53. The Kier molecular flexibility index (Phi) is 4.53. The van der Waals surface area contributed by atoms with Crippen LogP contribution in [-0.2, 0) is 13.0 Å². The monoisotopic (exact) mass is 351 g/mol. The van der Waals surface area contributed by atoms with E-state index in [2.05, 4.69) is 37.0 Å². The summed E-state index contributed by atoms with van der Waals surface area (Å²) in [7, 11) is 3.25. The number of fused-ring (bicyclic) bond motifs is 1. The molecule has 1 atom stereocenters. The maximum Gasteiger partial charge on any atom is 0.316 e. The van der Waals surface area contributed by atoms with E-state index in [1.54, 1.807) is 20.5 Å². The fourth-order valence-electron chi connectivity index (χ4n) is 3.44. The van der Waals surface area contributed by atoms with Crippen LogP contribution in [-0.4, -0.2) is 45.6 Å². The van der Waals surface area contributed by atoms with Gasteiger partial charge in [-0.3, -0.25) is 4.90 Å². The van der Waals surface area contributed by atoms with Gasteiger partial charge < -0.3 is 14.5 Å². The zero-order chi connectivity index (χ0) is 17.9. The molecule has 0 amide bonds. The van der Waals surface area contributed by atoms with Crippen LogP contribution in [0.4, 0.5) is 0 Å². The highest BCUT2D eigenvalue weighted by molar-refractivity contribution is 5.37. The van der Waals surface area contributed by atoms with Crippen molar-refractivity contribution in [2.45, 2.75) is 19.0 Å². The Hall–Kier alpha value is -2.93. The standard InChI is InChI=1S/C19H21N5O2/c1-25-15-5-3-4-14(8-15)18-17-16(22-12-23-17)6-7-24(18)11-13-9-20-19(26-2)21-10-13/h3-5,8-10,12,18H,6-7,11H2,1-2H3,(H,22,23)/t18-/m0/s1. The van der Waals surface area contributed by atoms with Crippen molar-refractivity contribution < 1.29 is 9.47 Å². The van der Waals surface area contributed by atoms with Crippen molar-refractivity contribution in [3.63, 3.8) is 0 Å². The van der Waals surface area contributed by atoms with E-state index in [0.29, 0.717) is 6.01 Å². The predicted octanol–water partition coefficient (Wildman–Crippen LogP) is 2.36. The molecule has 0 spiro atoms. The molecule has 7 heteroatoms. The van der Waals surface area contributed by atoms with E-state index < -0.39 is 0 Å². The molecule has 7 nitrogen and oxygen atoms in total. The highest BCUT2D eigenvalue weighted by Crippen LogP contribution is 2.35. The van der Waals surface area contributed by atoms with Crippen LogP contribution in [0.2, 0.25) is 0 Å². The van der Waals surface area contributed by atoms with Gasteiger partial charge in [0, 0.05) is 43.2 Å². The molecule has 26 heavy (non-hydrogen) atoms. The third-order valence-electron chi connectivity index (χ3n) is 4.68. The van der Waals surface area contributed by atoms with Crippen molar-refractivity contribution in [2.75, 3.05) is 20.8 Å². The smallest absolute Gasteiger partial charge is 0.316 e. The number of aromatic amines is 1. The lowest BCUT2D eigenvalue weighted by molar-refractivity contribution is 0.199. The summed E-state index contributed by atoms with van der Waals surface area (Å²) in [6.45, 7) is 1.65.